The first kappa shape index (κ1) is 17.6. The van der Waals surface area contributed by atoms with Crippen LogP contribution >= 0.6 is 23.4 Å². The number of imidazole rings is 1. The van der Waals surface area contributed by atoms with Gasteiger partial charge in [-0.05, 0) is 48.5 Å². The minimum atomic E-state index is 0.720. The van der Waals surface area contributed by atoms with Crippen molar-refractivity contribution >= 4 is 29.1 Å². The normalized spacial score (nSPS) is 10.9. The Kier molecular flexibility index (Phi) is 4.88. The second kappa shape index (κ2) is 7.47. The van der Waals surface area contributed by atoms with Crippen molar-refractivity contribution in [2.24, 2.45) is 7.05 Å². The second-order valence-electron chi connectivity index (χ2n) is 6.04. The minimum Gasteiger partial charge on any atom is -0.399 e. The lowest BCUT2D eigenvalue weighted by Crippen LogP contribution is -1.95. The Morgan fingerprint density at radius 1 is 0.963 bits per heavy atom. The Morgan fingerprint density at radius 3 is 2.37 bits per heavy atom. The molecule has 0 saturated heterocycles. The molecular weight excluding hydrogens is 376 g/mol. The van der Waals surface area contributed by atoms with Crippen LogP contribution in [0.15, 0.2) is 82.8 Å². The number of rotatable bonds is 4. The third kappa shape index (κ3) is 3.70. The van der Waals surface area contributed by atoms with Crippen molar-refractivity contribution < 1.29 is 0 Å². The van der Waals surface area contributed by atoms with Gasteiger partial charge in [0.2, 0.25) is 0 Å². The highest BCUT2D eigenvalue weighted by molar-refractivity contribution is 7.99. The minimum absolute atomic E-state index is 0.720. The van der Waals surface area contributed by atoms with Gasteiger partial charge in [-0.25, -0.2) is 4.98 Å². The molecule has 6 heteroatoms. The Bertz CT molecular complexity index is 1060. The predicted octanol–water partition coefficient (Wildman–Crippen LogP) is 5.54. The van der Waals surface area contributed by atoms with Crippen LogP contribution in [0.1, 0.15) is 0 Å². The maximum atomic E-state index is 6.03. The fourth-order valence-electron chi connectivity index (χ4n) is 2.77. The number of hydrogen-bond donors (Lipinski definition) is 1. The Balaban J connectivity index is 1.85. The van der Waals surface area contributed by atoms with Crippen LogP contribution in [0.2, 0.25) is 5.02 Å². The summed E-state index contributed by atoms with van der Waals surface area (Å²) in [4.78, 5) is 10.5. The molecular formula is C21H17ClN4S. The summed E-state index contributed by atoms with van der Waals surface area (Å²) in [5.41, 5.74) is 9.33. The first-order valence-electron chi connectivity index (χ1n) is 8.39. The molecule has 0 atom stereocenters. The summed E-state index contributed by atoms with van der Waals surface area (Å²) in [6, 6.07) is 21.4. The molecule has 2 aromatic carbocycles. The van der Waals surface area contributed by atoms with Crippen LogP contribution in [0.3, 0.4) is 0 Å². The number of nitrogen functional groups attached to an aromatic ring is 1. The summed E-state index contributed by atoms with van der Waals surface area (Å²) in [7, 11) is 2.01. The lowest BCUT2D eigenvalue weighted by atomic mass is 10.1. The third-order valence-corrected chi connectivity index (χ3v) is 5.57. The third-order valence-electron chi connectivity index (χ3n) is 4.15. The zero-order chi connectivity index (χ0) is 18.8. The van der Waals surface area contributed by atoms with Crippen molar-refractivity contribution in [1.29, 1.82) is 0 Å². The van der Waals surface area contributed by atoms with E-state index >= 15 is 0 Å². The summed E-state index contributed by atoms with van der Waals surface area (Å²) < 4.78 is 2.08. The van der Waals surface area contributed by atoms with Gasteiger partial charge < -0.3 is 10.3 Å². The van der Waals surface area contributed by atoms with E-state index in [1.54, 1.807) is 18.0 Å². The molecule has 0 fully saturated rings. The molecule has 134 valence electrons. The number of hydrogen-bond acceptors (Lipinski definition) is 4. The van der Waals surface area contributed by atoms with Gasteiger partial charge in [0.05, 0.1) is 0 Å². The number of nitrogens with zero attached hydrogens (tertiary/aromatic N) is 3. The van der Waals surface area contributed by atoms with Crippen molar-refractivity contribution in [3.8, 4) is 22.8 Å². The molecule has 0 aliphatic rings. The van der Waals surface area contributed by atoms with Gasteiger partial charge in [-0.2, -0.15) is 0 Å². The summed E-state index contributed by atoms with van der Waals surface area (Å²) in [6.07, 6.45) is 1.78. The Morgan fingerprint density at radius 2 is 1.70 bits per heavy atom. The zero-order valence-electron chi connectivity index (χ0n) is 14.6. The lowest BCUT2D eigenvalue weighted by Gasteiger charge is -2.08. The molecule has 4 nitrogen and oxygen atoms in total. The highest BCUT2D eigenvalue weighted by atomic mass is 35.5. The van der Waals surface area contributed by atoms with Crippen molar-refractivity contribution in [1.82, 2.24) is 14.5 Å². The summed E-state index contributed by atoms with van der Waals surface area (Å²) >= 11 is 7.67. The average molecular weight is 393 g/mol. The van der Waals surface area contributed by atoms with Crippen LogP contribution in [0.5, 0.6) is 0 Å². The highest BCUT2D eigenvalue weighted by Crippen LogP contribution is 2.38. The van der Waals surface area contributed by atoms with Crippen molar-refractivity contribution in [2.75, 3.05) is 5.73 Å². The van der Waals surface area contributed by atoms with Gasteiger partial charge in [0, 0.05) is 34.4 Å². The maximum absolute atomic E-state index is 6.03. The van der Waals surface area contributed by atoms with E-state index < -0.39 is 0 Å². The summed E-state index contributed by atoms with van der Waals surface area (Å²) in [5, 5.41) is 1.75. The molecule has 4 rings (SSSR count). The van der Waals surface area contributed by atoms with Gasteiger partial charge >= 0.3 is 0 Å². The molecule has 27 heavy (non-hydrogen) atoms. The van der Waals surface area contributed by atoms with Crippen LogP contribution in [0.4, 0.5) is 5.69 Å². The molecule has 4 aromatic rings. The molecule has 0 saturated carbocycles. The van der Waals surface area contributed by atoms with Crippen LogP contribution in [-0.2, 0) is 7.05 Å². The van der Waals surface area contributed by atoms with Crippen molar-refractivity contribution in [3.05, 3.63) is 77.9 Å². The molecule has 2 heterocycles. The summed E-state index contributed by atoms with van der Waals surface area (Å²) in [6.45, 7) is 0. The van der Waals surface area contributed by atoms with Crippen LogP contribution in [-0.4, -0.2) is 14.5 Å². The van der Waals surface area contributed by atoms with Gasteiger partial charge in [-0.15, -0.1) is 0 Å². The number of nitrogens with two attached hydrogens (primary N) is 1. The Labute approximate surface area is 167 Å². The predicted molar refractivity (Wildman–Crippen MR) is 112 cm³/mol. The fraction of sp³-hybridized carbons (Fsp3) is 0.0476. The van der Waals surface area contributed by atoms with E-state index in [-0.39, 0.29) is 0 Å². The van der Waals surface area contributed by atoms with E-state index in [0.29, 0.717) is 0 Å². The lowest BCUT2D eigenvalue weighted by molar-refractivity contribution is 0.831. The van der Waals surface area contributed by atoms with Gasteiger partial charge in [-0.3, -0.25) is 4.98 Å². The summed E-state index contributed by atoms with van der Waals surface area (Å²) in [5.74, 6) is 0.818. The molecule has 0 amide bonds. The number of halogens is 1. The van der Waals surface area contributed by atoms with Crippen LogP contribution in [0.25, 0.3) is 22.8 Å². The molecule has 0 aliphatic heterocycles. The molecule has 0 bridgehead atoms. The van der Waals surface area contributed by atoms with Crippen molar-refractivity contribution in [3.63, 3.8) is 0 Å². The first-order chi connectivity index (χ1) is 13.1. The smallest absolute Gasteiger partial charge is 0.159 e. The molecule has 0 spiro atoms. The van der Waals surface area contributed by atoms with Gasteiger partial charge in [0.25, 0.3) is 0 Å². The van der Waals surface area contributed by atoms with Crippen LogP contribution in [0, 0.1) is 0 Å². The van der Waals surface area contributed by atoms with Crippen LogP contribution < -0.4 is 5.73 Å². The number of anilines is 1. The topological polar surface area (TPSA) is 56.7 Å². The second-order valence-corrected chi connectivity index (χ2v) is 7.54. The Hall–Kier alpha value is -2.76. The average Bonchev–Trinajstić information content (AvgIpc) is 3.01. The number of benzene rings is 2. The van der Waals surface area contributed by atoms with E-state index in [9.17, 15) is 0 Å². The van der Waals surface area contributed by atoms with Gasteiger partial charge in [-0.1, -0.05) is 41.6 Å². The SMILES string of the molecule is Cn1c(-c2ccccn2)nc(-c2ccc(N)cc2)c1Sc1ccc(Cl)cc1. The maximum Gasteiger partial charge on any atom is 0.159 e. The van der Waals surface area contributed by atoms with Gasteiger partial charge in [0.15, 0.2) is 5.82 Å². The highest BCUT2D eigenvalue weighted by Gasteiger charge is 2.19. The molecule has 2 N–H and O–H groups in total. The standard InChI is InChI=1S/C21H17ClN4S/c1-26-20(18-4-2-3-13-24-18)25-19(14-5-9-16(23)10-6-14)21(26)27-17-11-7-15(22)8-12-17/h2-13H,23H2,1H3. The van der Waals surface area contributed by atoms with Gasteiger partial charge in [0.1, 0.15) is 16.4 Å². The number of aromatic nitrogens is 3. The molecule has 0 aliphatic carbocycles. The van der Waals surface area contributed by atoms with E-state index in [2.05, 4.69) is 9.55 Å². The molecule has 0 radical (unpaired) electrons. The quantitative estimate of drug-likeness (QED) is 0.463. The van der Waals surface area contributed by atoms with E-state index in [1.165, 1.54) is 0 Å². The largest absolute Gasteiger partial charge is 0.399 e. The molecule has 0 unspecified atom stereocenters. The molecule has 2 aromatic heterocycles. The van der Waals surface area contributed by atoms with E-state index in [0.717, 1.165) is 43.4 Å². The van der Waals surface area contributed by atoms with Crippen molar-refractivity contribution in [2.45, 2.75) is 9.92 Å². The fourth-order valence-corrected chi connectivity index (χ4v) is 3.87. The first-order valence-corrected chi connectivity index (χ1v) is 9.59. The monoisotopic (exact) mass is 392 g/mol. The van der Waals surface area contributed by atoms with E-state index in [1.807, 2.05) is 73.8 Å². The zero-order valence-corrected chi connectivity index (χ0v) is 16.2. The number of pyridine rings is 1. The van der Waals surface area contributed by atoms with E-state index in [4.69, 9.17) is 22.3 Å².